The van der Waals surface area contributed by atoms with E-state index in [0.29, 0.717) is 25.0 Å². The zero-order valence-corrected chi connectivity index (χ0v) is 19.5. The van der Waals surface area contributed by atoms with E-state index in [1.807, 2.05) is 19.2 Å². The van der Waals surface area contributed by atoms with Gasteiger partial charge in [0.2, 0.25) is 0 Å². The Balaban J connectivity index is 1.32. The summed E-state index contributed by atoms with van der Waals surface area (Å²) in [5.41, 5.74) is 3.13. The van der Waals surface area contributed by atoms with E-state index in [4.69, 9.17) is 14.2 Å². The Labute approximate surface area is 195 Å². The Kier molecular flexibility index (Phi) is 4.21. The number of hydrogen-bond acceptors (Lipinski definition) is 4. The topological polar surface area (TPSA) is 30.9 Å². The van der Waals surface area contributed by atoms with E-state index < -0.39 is 5.60 Å². The second-order valence-electron chi connectivity index (χ2n) is 11.0. The fraction of sp³-hybridized carbons (Fsp3) is 0.571. The van der Waals surface area contributed by atoms with Gasteiger partial charge in [0.25, 0.3) is 0 Å². The van der Waals surface area contributed by atoms with E-state index in [1.165, 1.54) is 16.7 Å². The molecule has 0 aromatic heterocycles. The van der Waals surface area contributed by atoms with Crippen LogP contribution in [0.3, 0.4) is 0 Å². The van der Waals surface area contributed by atoms with Crippen LogP contribution < -0.4 is 4.74 Å². The number of methoxy groups -OCH3 is 1. The van der Waals surface area contributed by atoms with Crippen molar-refractivity contribution < 1.29 is 18.6 Å². The highest BCUT2D eigenvalue weighted by Crippen LogP contribution is 2.76. The van der Waals surface area contributed by atoms with Crippen molar-refractivity contribution in [1.82, 2.24) is 4.90 Å². The first-order valence-corrected chi connectivity index (χ1v) is 12.4. The van der Waals surface area contributed by atoms with Crippen molar-refractivity contribution in [3.05, 3.63) is 65.0 Å². The van der Waals surface area contributed by atoms with E-state index >= 15 is 4.39 Å². The van der Waals surface area contributed by atoms with Crippen LogP contribution in [-0.4, -0.2) is 50.0 Å². The predicted octanol–water partition coefficient (Wildman–Crippen LogP) is 4.49. The summed E-state index contributed by atoms with van der Waals surface area (Å²) >= 11 is 0. The number of likely N-dealkylation sites (tertiary alicyclic amines) is 1. The average molecular weight is 450 g/mol. The maximum atomic E-state index is 15.1. The minimum absolute atomic E-state index is 0.0811. The molecule has 0 radical (unpaired) electrons. The Bertz CT molecular complexity index is 1110. The van der Waals surface area contributed by atoms with Crippen LogP contribution in [0.2, 0.25) is 0 Å². The molecule has 6 aliphatic rings. The molecule has 4 aliphatic carbocycles. The first kappa shape index (κ1) is 20.4. The van der Waals surface area contributed by atoms with Crippen LogP contribution in [0, 0.1) is 17.2 Å². The van der Waals surface area contributed by atoms with Crippen molar-refractivity contribution in [3.63, 3.8) is 0 Å². The van der Waals surface area contributed by atoms with E-state index in [1.54, 1.807) is 6.07 Å². The third-order valence-corrected chi connectivity index (χ3v) is 10.2. The standard InChI is InChI=1S/C28H32FNO3/c1-30-13-12-27-23-19-8-9-21(29)24(23)33-25(27)28(31-2)11-10-26(27,22(30)14-19)15-20(28)17-32-16-18-6-4-3-5-7-18/h3-9,20,22,25H,10-17H2,1-2H3/t20-,22-,25-,26?,27?,28?/m1/s1. The molecule has 2 aromatic carbocycles. The average Bonchev–Trinajstić information content (AvgIpc) is 3.21. The molecule has 4 nitrogen and oxygen atoms in total. The zero-order valence-electron chi connectivity index (χ0n) is 19.5. The summed E-state index contributed by atoms with van der Waals surface area (Å²) in [4.78, 5) is 2.57. The number of hydrogen-bond donors (Lipinski definition) is 0. The van der Waals surface area contributed by atoms with Gasteiger partial charge in [-0.3, -0.25) is 0 Å². The molecule has 33 heavy (non-hydrogen) atoms. The summed E-state index contributed by atoms with van der Waals surface area (Å²) in [5, 5.41) is 0. The molecule has 0 amide bonds. The third kappa shape index (κ3) is 2.32. The van der Waals surface area contributed by atoms with Gasteiger partial charge in [-0.15, -0.1) is 0 Å². The molecule has 2 spiro atoms. The lowest BCUT2D eigenvalue weighted by Crippen LogP contribution is -2.81. The van der Waals surface area contributed by atoms with E-state index in [-0.39, 0.29) is 28.7 Å². The number of piperidine rings is 1. The highest BCUT2D eigenvalue weighted by atomic mass is 19.1. The smallest absolute Gasteiger partial charge is 0.165 e. The monoisotopic (exact) mass is 449 g/mol. The molecule has 3 unspecified atom stereocenters. The molecule has 8 rings (SSSR count). The number of fused-ring (bicyclic) bond motifs is 2. The Morgan fingerprint density at radius 3 is 2.79 bits per heavy atom. The fourth-order valence-electron chi connectivity index (χ4n) is 8.90. The molecule has 6 atom stereocenters. The van der Waals surface area contributed by atoms with Crippen LogP contribution in [0.5, 0.6) is 5.75 Å². The van der Waals surface area contributed by atoms with Crippen molar-refractivity contribution in [1.29, 1.82) is 0 Å². The summed E-state index contributed by atoms with van der Waals surface area (Å²) < 4.78 is 34.6. The van der Waals surface area contributed by atoms with Crippen LogP contribution >= 0.6 is 0 Å². The van der Waals surface area contributed by atoms with Crippen molar-refractivity contribution in [2.24, 2.45) is 11.3 Å². The number of nitrogens with zero attached hydrogens (tertiary/aromatic N) is 1. The van der Waals surface area contributed by atoms with Crippen LogP contribution in [0.15, 0.2) is 42.5 Å². The van der Waals surface area contributed by atoms with E-state index in [0.717, 1.165) is 38.6 Å². The van der Waals surface area contributed by atoms with Crippen molar-refractivity contribution in [2.45, 2.75) is 61.9 Å². The van der Waals surface area contributed by atoms with Gasteiger partial charge in [-0.1, -0.05) is 36.4 Å². The van der Waals surface area contributed by atoms with Crippen molar-refractivity contribution >= 4 is 0 Å². The molecule has 0 N–H and O–H groups in total. The molecular weight excluding hydrogens is 417 g/mol. The van der Waals surface area contributed by atoms with E-state index in [2.05, 4.69) is 36.2 Å². The lowest BCUT2D eigenvalue weighted by atomic mass is 9.35. The van der Waals surface area contributed by atoms with Gasteiger partial charge < -0.3 is 19.1 Å². The summed E-state index contributed by atoms with van der Waals surface area (Å²) in [6.45, 7) is 2.27. The van der Waals surface area contributed by atoms with Gasteiger partial charge in [-0.2, -0.15) is 0 Å². The molecule has 3 saturated carbocycles. The van der Waals surface area contributed by atoms with E-state index in [9.17, 15) is 0 Å². The van der Waals surface area contributed by atoms with Gasteiger partial charge in [0.15, 0.2) is 11.6 Å². The molecule has 4 fully saturated rings. The molecule has 2 aliphatic heterocycles. The predicted molar refractivity (Wildman–Crippen MR) is 123 cm³/mol. The summed E-state index contributed by atoms with van der Waals surface area (Å²) in [5.74, 6) is 0.526. The van der Waals surface area contributed by atoms with Gasteiger partial charge in [0, 0.05) is 35.5 Å². The maximum absolute atomic E-state index is 15.1. The van der Waals surface area contributed by atoms with Crippen molar-refractivity contribution in [3.8, 4) is 5.75 Å². The van der Waals surface area contributed by atoms with Gasteiger partial charge in [-0.25, -0.2) is 4.39 Å². The summed E-state index contributed by atoms with van der Waals surface area (Å²) in [7, 11) is 4.11. The van der Waals surface area contributed by atoms with Crippen LogP contribution in [0.4, 0.5) is 4.39 Å². The third-order valence-electron chi connectivity index (χ3n) is 10.2. The quantitative estimate of drug-likeness (QED) is 0.673. The number of ether oxygens (including phenoxy) is 3. The highest BCUT2D eigenvalue weighted by Gasteiger charge is 2.80. The molecule has 4 bridgehead atoms. The fourth-order valence-corrected chi connectivity index (χ4v) is 8.90. The second kappa shape index (κ2) is 6.80. The lowest BCUT2D eigenvalue weighted by molar-refractivity contribution is -0.282. The molecule has 174 valence electrons. The Morgan fingerprint density at radius 2 is 1.97 bits per heavy atom. The van der Waals surface area contributed by atoms with Crippen LogP contribution in [0.1, 0.15) is 42.4 Å². The number of halogens is 1. The molecule has 2 aromatic rings. The van der Waals surface area contributed by atoms with Gasteiger partial charge >= 0.3 is 0 Å². The number of rotatable bonds is 5. The van der Waals surface area contributed by atoms with Crippen LogP contribution in [0.25, 0.3) is 0 Å². The largest absolute Gasteiger partial charge is 0.483 e. The van der Waals surface area contributed by atoms with Crippen LogP contribution in [-0.2, 0) is 27.9 Å². The van der Waals surface area contributed by atoms with Gasteiger partial charge in [-0.05, 0) is 62.9 Å². The van der Waals surface area contributed by atoms with Gasteiger partial charge in [0.05, 0.1) is 13.2 Å². The highest BCUT2D eigenvalue weighted by molar-refractivity contribution is 5.59. The zero-order chi connectivity index (χ0) is 22.4. The molecule has 1 saturated heterocycles. The Morgan fingerprint density at radius 1 is 1.12 bits per heavy atom. The first-order valence-electron chi connectivity index (χ1n) is 12.4. The maximum Gasteiger partial charge on any atom is 0.165 e. The first-order chi connectivity index (χ1) is 16.1. The van der Waals surface area contributed by atoms with Crippen molar-refractivity contribution in [2.75, 3.05) is 27.3 Å². The number of likely N-dealkylation sites (N-methyl/N-ethyl adjacent to an activating group) is 1. The second-order valence-corrected chi connectivity index (χ2v) is 11.0. The summed E-state index contributed by atoms with van der Waals surface area (Å²) in [6, 6.07) is 14.4. The number of benzene rings is 2. The minimum atomic E-state index is -0.445. The molecule has 2 heterocycles. The minimum Gasteiger partial charge on any atom is -0.483 e. The summed E-state index contributed by atoms with van der Waals surface area (Å²) in [6.07, 6.45) is 4.96. The van der Waals surface area contributed by atoms with Gasteiger partial charge in [0.1, 0.15) is 11.7 Å². The molecular formula is C28H32FNO3. The normalized spacial score (nSPS) is 39.9. The molecule has 5 heteroatoms. The SMILES string of the molecule is COC12CCC3(C[C@@H]1COCc1ccccc1)[C@H]1Cc4ccc(F)c5c4C3(CCN1C)[C@H]2O5. The Hall–Kier alpha value is -1.95. The lowest BCUT2D eigenvalue weighted by Gasteiger charge is -2.73.